The van der Waals surface area contributed by atoms with Crippen molar-refractivity contribution in [1.82, 2.24) is 15.1 Å². The van der Waals surface area contributed by atoms with Crippen molar-refractivity contribution in [3.05, 3.63) is 52.3 Å². The van der Waals surface area contributed by atoms with Crippen LogP contribution in [0.4, 0.5) is 13.2 Å². The maximum atomic E-state index is 12.8. The Morgan fingerprint density at radius 1 is 1.32 bits per heavy atom. The van der Waals surface area contributed by atoms with Gasteiger partial charge >= 0.3 is 6.18 Å². The zero-order chi connectivity index (χ0) is 16.2. The molecule has 0 saturated carbocycles. The molecule has 2 rings (SSSR count). The van der Waals surface area contributed by atoms with Gasteiger partial charge in [0.2, 0.25) is 5.91 Å². The maximum Gasteiger partial charge on any atom is 0.416 e. The van der Waals surface area contributed by atoms with Crippen LogP contribution < -0.4 is 5.32 Å². The van der Waals surface area contributed by atoms with E-state index in [9.17, 15) is 18.0 Å². The number of nitrogens with zero attached hydrogens (tertiary/aromatic N) is 2. The van der Waals surface area contributed by atoms with Crippen LogP contribution in [0.25, 0.3) is 0 Å². The molecule has 1 aromatic heterocycles. The largest absolute Gasteiger partial charge is 0.416 e. The second kappa shape index (κ2) is 6.95. The SMILES string of the molecule is O=C(CCn1cc(Br)cn1)NCc1ccccc1C(F)(F)F. The second-order valence-electron chi connectivity index (χ2n) is 4.60. The molecule has 0 saturated heterocycles. The number of carbonyl (C=O) groups excluding carboxylic acids is 1. The van der Waals surface area contributed by atoms with Crippen molar-refractivity contribution in [3.8, 4) is 0 Å². The fourth-order valence-corrected chi connectivity index (χ4v) is 2.24. The Bertz CT molecular complexity index is 655. The van der Waals surface area contributed by atoms with Crippen molar-refractivity contribution in [3.63, 3.8) is 0 Å². The van der Waals surface area contributed by atoms with Crippen molar-refractivity contribution in [2.75, 3.05) is 0 Å². The smallest absolute Gasteiger partial charge is 0.352 e. The zero-order valence-electron chi connectivity index (χ0n) is 11.4. The van der Waals surface area contributed by atoms with Crippen LogP contribution in [0.5, 0.6) is 0 Å². The third kappa shape index (κ3) is 4.59. The molecule has 1 N–H and O–H groups in total. The number of hydrogen-bond acceptors (Lipinski definition) is 2. The number of hydrogen-bond donors (Lipinski definition) is 1. The van der Waals surface area contributed by atoms with Gasteiger partial charge in [0.1, 0.15) is 0 Å². The monoisotopic (exact) mass is 375 g/mol. The van der Waals surface area contributed by atoms with Gasteiger partial charge in [0, 0.05) is 25.7 Å². The highest BCUT2D eigenvalue weighted by Gasteiger charge is 2.32. The van der Waals surface area contributed by atoms with Crippen molar-refractivity contribution >= 4 is 21.8 Å². The molecule has 118 valence electrons. The minimum atomic E-state index is -4.43. The summed E-state index contributed by atoms with van der Waals surface area (Å²) in [4.78, 5) is 11.7. The Kier molecular flexibility index (Phi) is 5.23. The fourth-order valence-electron chi connectivity index (χ4n) is 1.91. The van der Waals surface area contributed by atoms with Crippen LogP contribution in [0.3, 0.4) is 0 Å². The zero-order valence-corrected chi connectivity index (χ0v) is 13.0. The standard InChI is InChI=1S/C14H13BrF3N3O/c15-11-8-20-21(9-11)6-5-13(22)19-7-10-3-1-2-4-12(10)14(16,17)18/h1-4,8-9H,5-7H2,(H,19,22). The summed E-state index contributed by atoms with van der Waals surface area (Å²) in [5, 5.41) is 6.49. The molecule has 0 aliphatic rings. The average molecular weight is 376 g/mol. The molecule has 0 aliphatic carbocycles. The highest BCUT2D eigenvalue weighted by atomic mass is 79.9. The number of carbonyl (C=O) groups is 1. The van der Waals surface area contributed by atoms with E-state index in [0.717, 1.165) is 10.5 Å². The lowest BCUT2D eigenvalue weighted by Crippen LogP contribution is -2.25. The number of halogens is 4. The van der Waals surface area contributed by atoms with Crippen molar-refractivity contribution in [2.45, 2.75) is 25.7 Å². The number of aryl methyl sites for hydroxylation is 1. The molecule has 0 radical (unpaired) electrons. The Balaban J connectivity index is 1.89. The second-order valence-corrected chi connectivity index (χ2v) is 5.52. The topological polar surface area (TPSA) is 46.9 Å². The van der Waals surface area contributed by atoms with Gasteiger partial charge in [-0.25, -0.2) is 0 Å². The van der Waals surface area contributed by atoms with Crippen LogP contribution in [0.15, 0.2) is 41.1 Å². The van der Waals surface area contributed by atoms with E-state index in [2.05, 4.69) is 26.3 Å². The minimum absolute atomic E-state index is 0.0465. The first kappa shape index (κ1) is 16.5. The quantitative estimate of drug-likeness (QED) is 0.870. The molecule has 4 nitrogen and oxygen atoms in total. The van der Waals surface area contributed by atoms with Crippen LogP contribution in [0.1, 0.15) is 17.5 Å². The Hall–Kier alpha value is -1.83. The molecule has 2 aromatic rings. The summed E-state index contributed by atoms with van der Waals surface area (Å²) in [5.41, 5.74) is -0.684. The van der Waals surface area contributed by atoms with E-state index >= 15 is 0 Å². The summed E-state index contributed by atoms with van der Waals surface area (Å²) in [6, 6.07) is 5.19. The van der Waals surface area contributed by atoms with Crippen LogP contribution in [-0.4, -0.2) is 15.7 Å². The maximum absolute atomic E-state index is 12.8. The Labute approximate surface area is 133 Å². The predicted molar refractivity (Wildman–Crippen MR) is 77.8 cm³/mol. The van der Waals surface area contributed by atoms with E-state index in [0.29, 0.717) is 6.54 Å². The Morgan fingerprint density at radius 2 is 2.05 bits per heavy atom. The first-order valence-electron chi connectivity index (χ1n) is 6.46. The van der Waals surface area contributed by atoms with Crippen LogP contribution in [0.2, 0.25) is 0 Å². The lowest BCUT2D eigenvalue weighted by molar-refractivity contribution is -0.138. The van der Waals surface area contributed by atoms with E-state index in [1.807, 2.05) is 0 Å². The van der Waals surface area contributed by atoms with Crippen LogP contribution in [0, 0.1) is 0 Å². The summed E-state index contributed by atoms with van der Waals surface area (Å²) >= 11 is 3.24. The summed E-state index contributed by atoms with van der Waals surface area (Å²) in [5.74, 6) is -0.330. The van der Waals surface area contributed by atoms with Gasteiger partial charge in [-0.2, -0.15) is 18.3 Å². The van der Waals surface area contributed by atoms with Crippen molar-refractivity contribution < 1.29 is 18.0 Å². The number of nitrogens with one attached hydrogen (secondary N) is 1. The molecule has 1 amide bonds. The third-order valence-electron chi connectivity index (χ3n) is 2.97. The van der Waals surface area contributed by atoms with Gasteiger partial charge in [0.05, 0.1) is 16.2 Å². The van der Waals surface area contributed by atoms with Gasteiger partial charge in [0.25, 0.3) is 0 Å². The first-order valence-corrected chi connectivity index (χ1v) is 7.25. The molecule has 0 fully saturated rings. The van der Waals surface area contributed by atoms with Crippen LogP contribution in [-0.2, 0) is 24.1 Å². The molecular formula is C14H13BrF3N3O. The molecule has 0 atom stereocenters. The predicted octanol–water partition coefficient (Wildman–Crippen LogP) is 3.37. The van der Waals surface area contributed by atoms with E-state index in [4.69, 9.17) is 0 Å². The number of aromatic nitrogens is 2. The van der Waals surface area contributed by atoms with Gasteiger partial charge in [-0.15, -0.1) is 0 Å². The molecule has 0 aliphatic heterocycles. The molecule has 22 heavy (non-hydrogen) atoms. The fraction of sp³-hybridized carbons (Fsp3) is 0.286. The van der Waals surface area contributed by atoms with Gasteiger partial charge in [-0.3, -0.25) is 9.48 Å². The van der Waals surface area contributed by atoms with Gasteiger partial charge in [-0.05, 0) is 27.6 Å². The summed E-state index contributed by atoms with van der Waals surface area (Å²) in [7, 11) is 0. The number of rotatable bonds is 5. The van der Waals surface area contributed by atoms with Crippen molar-refractivity contribution in [2.24, 2.45) is 0 Å². The van der Waals surface area contributed by atoms with Crippen molar-refractivity contribution in [1.29, 1.82) is 0 Å². The number of alkyl halides is 3. The molecule has 8 heteroatoms. The molecule has 0 bridgehead atoms. The Morgan fingerprint density at radius 3 is 2.68 bits per heavy atom. The number of benzene rings is 1. The highest BCUT2D eigenvalue weighted by Crippen LogP contribution is 2.31. The lowest BCUT2D eigenvalue weighted by Gasteiger charge is -2.13. The number of amides is 1. The van der Waals surface area contributed by atoms with E-state index < -0.39 is 11.7 Å². The molecule has 0 unspecified atom stereocenters. The lowest BCUT2D eigenvalue weighted by atomic mass is 10.1. The van der Waals surface area contributed by atoms with Gasteiger partial charge < -0.3 is 5.32 Å². The van der Waals surface area contributed by atoms with Gasteiger partial charge in [-0.1, -0.05) is 18.2 Å². The van der Waals surface area contributed by atoms with Crippen LogP contribution >= 0.6 is 15.9 Å². The van der Waals surface area contributed by atoms with E-state index in [-0.39, 0.29) is 24.4 Å². The van der Waals surface area contributed by atoms with Gasteiger partial charge in [0.15, 0.2) is 0 Å². The van der Waals surface area contributed by atoms with E-state index in [1.165, 1.54) is 18.2 Å². The van der Waals surface area contributed by atoms with E-state index in [1.54, 1.807) is 17.1 Å². The summed E-state index contributed by atoms with van der Waals surface area (Å²) in [6.45, 7) is 0.204. The third-order valence-corrected chi connectivity index (χ3v) is 3.38. The molecule has 0 spiro atoms. The molecule has 1 heterocycles. The minimum Gasteiger partial charge on any atom is -0.352 e. The molecule has 1 aromatic carbocycles. The average Bonchev–Trinajstić information content (AvgIpc) is 2.88. The molecular weight excluding hydrogens is 363 g/mol. The summed E-state index contributed by atoms with van der Waals surface area (Å²) < 4.78 is 40.8. The first-order chi connectivity index (χ1) is 10.4. The summed E-state index contributed by atoms with van der Waals surface area (Å²) in [6.07, 6.45) is -0.978. The normalized spacial score (nSPS) is 11.5. The highest BCUT2D eigenvalue weighted by molar-refractivity contribution is 9.10.